The first-order valence-electron chi connectivity index (χ1n) is 6.26. The standard InChI is InChI=1S/C12H18N4O2/c13-5-1-10-3-7-15(8-4-10)12-9-11(16(17)18)2-6-14-12/h2,6,9-10H,1,3-5,7-8,13H2. The van der Waals surface area contributed by atoms with Crippen molar-refractivity contribution in [1.82, 2.24) is 4.98 Å². The maximum atomic E-state index is 10.7. The summed E-state index contributed by atoms with van der Waals surface area (Å²) < 4.78 is 0. The maximum absolute atomic E-state index is 10.7. The molecule has 1 aromatic rings. The van der Waals surface area contributed by atoms with Crippen LogP contribution < -0.4 is 10.6 Å². The molecule has 6 heteroatoms. The van der Waals surface area contributed by atoms with Crippen LogP contribution in [0.15, 0.2) is 18.3 Å². The highest BCUT2D eigenvalue weighted by molar-refractivity contribution is 5.46. The smallest absolute Gasteiger partial charge is 0.274 e. The van der Waals surface area contributed by atoms with E-state index in [-0.39, 0.29) is 10.6 Å². The van der Waals surface area contributed by atoms with Crippen LogP contribution in [0.25, 0.3) is 0 Å². The lowest BCUT2D eigenvalue weighted by Crippen LogP contribution is -2.34. The molecule has 98 valence electrons. The summed E-state index contributed by atoms with van der Waals surface area (Å²) in [5.41, 5.74) is 5.66. The third-order valence-corrected chi connectivity index (χ3v) is 3.45. The van der Waals surface area contributed by atoms with Crippen molar-refractivity contribution in [3.8, 4) is 0 Å². The largest absolute Gasteiger partial charge is 0.356 e. The van der Waals surface area contributed by atoms with Gasteiger partial charge in [0.1, 0.15) is 5.82 Å². The molecular formula is C12H18N4O2. The quantitative estimate of drug-likeness (QED) is 0.647. The van der Waals surface area contributed by atoms with Gasteiger partial charge in [0.05, 0.1) is 11.0 Å². The number of rotatable bonds is 4. The summed E-state index contributed by atoms with van der Waals surface area (Å²) in [7, 11) is 0. The molecule has 1 saturated heterocycles. The summed E-state index contributed by atoms with van der Waals surface area (Å²) in [5.74, 6) is 1.39. The van der Waals surface area contributed by atoms with Gasteiger partial charge in [-0.05, 0) is 31.7 Å². The van der Waals surface area contributed by atoms with Crippen LogP contribution in [0.1, 0.15) is 19.3 Å². The zero-order valence-electron chi connectivity index (χ0n) is 10.3. The summed E-state index contributed by atoms with van der Waals surface area (Å²) >= 11 is 0. The molecule has 0 atom stereocenters. The Morgan fingerprint density at radius 1 is 1.50 bits per heavy atom. The lowest BCUT2D eigenvalue weighted by molar-refractivity contribution is -0.384. The number of pyridine rings is 1. The Morgan fingerprint density at radius 3 is 2.83 bits per heavy atom. The molecule has 1 aromatic heterocycles. The first-order valence-corrected chi connectivity index (χ1v) is 6.26. The molecule has 2 rings (SSSR count). The highest BCUT2D eigenvalue weighted by Crippen LogP contribution is 2.25. The van der Waals surface area contributed by atoms with E-state index in [1.807, 2.05) is 0 Å². The molecule has 1 aliphatic heterocycles. The molecule has 18 heavy (non-hydrogen) atoms. The summed E-state index contributed by atoms with van der Waals surface area (Å²) in [6, 6.07) is 2.97. The van der Waals surface area contributed by atoms with E-state index < -0.39 is 0 Å². The number of piperidine rings is 1. The highest BCUT2D eigenvalue weighted by Gasteiger charge is 2.20. The number of nitrogens with zero attached hydrogens (tertiary/aromatic N) is 3. The fraction of sp³-hybridized carbons (Fsp3) is 0.583. The van der Waals surface area contributed by atoms with Gasteiger partial charge in [-0.1, -0.05) is 0 Å². The zero-order valence-corrected chi connectivity index (χ0v) is 10.3. The first kappa shape index (κ1) is 12.8. The van der Waals surface area contributed by atoms with Gasteiger partial charge in [-0.2, -0.15) is 0 Å². The van der Waals surface area contributed by atoms with Crippen LogP contribution in [-0.2, 0) is 0 Å². The summed E-state index contributed by atoms with van der Waals surface area (Å²) in [4.78, 5) is 16.7. The third-order valence-electron chi connectivity index (χ3n) is 3.45. The van der Waals surface area contributed by atoms with Gasteiger partial charge < -0.3 is 10.6 Å². The lowest BCUT2D eigenvalue weighted by atomic mass is 9.94. The third kappa shape index (κ3) is 2.95. The van der Waals surface area contributed by atoms with Crippen LogP contribution in [0.3, 0.4) is 0 Å². The zero-order chi connectivity index (χ0) is 13.0. The fourth-order valence-corrected chi connectivity index (χ4v) is 2.38. The van der Waals surface area contributed by atoms with Gasteiger partial charge in [-0.15, -0.1) is 0 Å². The molecule has 0 amide bonds. The van der Waals surface area contributed by atoms with Crippen LogP contribution >= 0.6 is 0 Å². The van der Waals surface area contributed by atoms with Crippen molar-refractivity contribution < 1.29 is 4.92 Å². The predicted octanol–water partition coefficient (Wildman–Crippen LogP) is 1.56. The molecular weight excluding hydrogens is 232 g/mol. The Labute approximate surface area is 106 Å². The molecule has 0 aliphatic carbocycles. The number of anilines is 1. The Kier molecular flexibility index (Phi) is 4.09. The van der Waals surface area contributed by atoms with E-state index in [9.17, 15) is 10.1 Å². The highest BCUT2D eigenvalue weighted by atomic mass is 16.6. The molecule has 0 radical (unpaired) electrons. The van der Waals surface area contributed by atoms with E-state index in [0.717, 1.165) is 38.9 Å². The number of aromatic nitrogens is 1. The predicted molar refractivity (Wildman–Crippen MR) is 69.5 cm³/mol. The molecule has 1 aliphatic rings. The Bertz CT molecular complexity index is 416. The maximum Gasteiger partial charge on any atom is 0.274 e. The molecule has 0 saturated carbocycles. The Hall–Kier alpha value is -1.69. The van der Waals surface area contributed by atoms with E-state index in [1.165, 1.54) is 12.3 Å². The number of hydrogen-bond acceptors (Lipinski definition) is 5. The average Bonchev–Trinajstić information content (AvgIpc) is 2.40. The average molecular weight is 250 g/mol. The Morgan fingerprint density at radius 2 is 2.22 bits per heavy atom. The van der Waals surface area contributed by atoms with Gasteiger partial charge in [0.15, 0.2) is 0 Å². The van der Waals surface area contributed by atoms with Crippen LogP contribution in [0.2, 0.25) is 0 Å². The second kappa shape index (κ2) is 5.77. The van der Waals surface area contributed by atoms with Crippen LogP contribution in [0.5, 0.6) is 0 Å². The molecule has 0 unspecified atom stereocenters. The Balaban J connectivity index is 2.01. The van der Waals surface area contributed by atoms with E-state index in [1.54, 1.807) is 6.07 Å². The summed E-state index contributed by atoms with van der Waals surface area (Å²) in [6.45, 7) is 2.54. The minimum atomic E-state index is -0.383. The van der Waals surface area contributed by atoms with Crippen molar-refractivity contribution in [3.05, 3.63) is 28.4 Å². The lowest BCUT2D eigenvalue weighted by Gasteiger charge is -2.32. The normalized spacial score (nSPS) is 16.8. The summed E-state index contributed by atoms with van der Waals surface area (Å²) in [6.07, 6.45) is 4.73. The van der Waals surface area contributed by atoms with Crippen molar-refractivity contribution in [3.63, 3.8) is 0 Å². The van der Waals surface area contributed by atoms with Crippen molar-refractivity contribution in [2.75, 3.05) is 24.5 Å². The van der Waals surface area contributed by atoms with Crippen molar-refractivity contribution in [2.24, 2.45) is 11.7 Å². The van der Waals surface area contributed by atoms with Crippen molar-refractivity contribution >= 4 is 11.5 Å². The number of nitro groups is 1. The monoisotopic (exact) mass is 250 g/mol. The van der Waals surface area contributed by atoms with Crippen molar-refractivity contribution in [1.29, 1.82) is 0 Å². The molecule has 2 heterocycles. The van der Waals surface area contributed by atoms with Gasteiger partial charge in [0, 0.05) is 25.4 Å². The fourth-order valence-electron chi connectivity index (χ4n) is 2.38. The van der Waals surface area contributed by atoms with Crippen molar-refractivity contribution in [2.45, 2.75) is 19.3 Å². The molecule has 0 aromatic carbocycles. The van der Waals surface area contributed by atoms with E-state index >= 15 is 0 Å². The molecule has 0 spiro atoms. The second-order valence-electron chi connectivity index (χ2n) is 4.64. The van der Waals surface area contributed by atoms with Crippen LogP contribution in [0, 0.1) is 16.0 Å². The molecule has 0 bridgehead atoms. The first-order chi connectivity index (χ1) is 8.70. The SMILES string of the molecule is NCCC1CCN(c2cc([N+](=O)[O-])ccn2)CC1. The number of hydrogen-bond donors (Lipinski definition) is 1. The number of nitrogens with two attached hydrogens (primary N) is 1. The summed E-state index contributed by atoms with van der Waals surface area (Å²) in [5, 5.41) is 10.7. The topological polar surface area (TPSA) is 85.3 Å². The second-order valence-corrected chi connectivity index (χ2v) is 4.64. The van der Waals surface area contributed by atoms with E-state index in [2.05, 4.69) is 9.88 Å². The van der Waals surface area contributed by atoms with Gasteiger partial charge in [0.25, 0.3) is 5.69 Å². The minimum absolute atomic E-state index is 0.101. The van der Waals surface area contributed by atoms with Gasteiger partial charge in [-0.3, -0.25) is 10.1 Å². The minimum Gasteiger partial charge on any atom is -0.356 e. The van der Waals surface area contributed by atoms with Crippen LogP contribution in [0.4, 0.5) is 11.5 Å². The van der Waals surface area contributed by atoms with E-state index in [4.69, 9.17) is 5.73 Å². The van der Waals surface area contributed by atoms with Crippen LogP contribution in [-0.4, -0.2) is 29.5 Å². The molecule has 6 nitrogen and oxygen atoms in total. The molecule has 2 N–H and O–H groups in total. The van der Waals surface area contributed by atoms with Gasteiger partial charge in [0.2, 0.25) is 0 Å². The van der Waals surface area contributed by atoms with E-state index in [0.29, 0.717) is 11.7 Å². The molecule has 1 fully saturated rings. The van der Waals surface area contributed by atoms with Gasteiger partial charge >= 0.3 is 0 Å². The van der Waals surface area contributed by atoms with Gasteiger partial charge in [-0.25, -0.2) is 4.98 Å².